The Labute approximate surface area is 681 Å². The van der Waals surface area contributed by atoms with E-state index in [-0.39, 0.29) is 116 Å². The van der Waals surface area contributed by atoms with Crippen molar-refractivity contribution < 1.29 is 38.4 Å². The van der Waals surface area contributed by atoms with Gasteiger partial charge in [0.1, 0.15) is 66.6 Å². The van der Waals surface area contributed by atoms with Gasteiger partial charge >= 0.3 is 0 Å². The van der Waals surface area contributed by atoms with Crippen LogP contribution in [-0.4, -0.2) is 180 Å². The summed E-state index contributed by atoms with van der Waals surface area (Å²) >= 11 is 21.2. The van der Waals surface area contributed by atoms with Crippen LogP contribution in [0.1, 0.15) is 107 Å². The fraction of sp³-hybridized carbons (Fsp3) is 0.215. The summed E-state index contributed by atoms with van der Waals surface area (Å²) in [5.41, 5.74) is 10.4. The number of hydrogen-bond acceptors (Lipinski definition) is 24. The predicted molar refractivity (Wildman–Crippen MR) is 445 cm³/mol. The molecule has 0 aliphatic carbocycles. The zero-order valence-electron chi connectivity index (χ0n) is 62.7. The zero-order valence-corrected chi connectivity index (χ0v) is 66.5. The maximum absolute atomic E-state index is 13.3. The molecule has 0 saturated heterocycles. The molecule has 9 aromatic rings. The second kappa shape index (κ2) is 32.5. The maximum Gasteiger partial charge on any atom is 0.281 e. The molecule has 115 heavy (non-hydrogen) atoms. The van der Waals surface area contributed by atoms with Gasteiger partial charge in [-0.2, -0.15) is 0 Å². The maximum atomic E-state index is 13.3. The van der Waals surface area contributed by atoms with Crippen LogP contribution >= 0.6 is 50.7 Å². The molecule has 32 nitrogen and oxygen atoms in total. The molecule has 0 fully saturated rings. The molecule has 8 amide bonds. The molecule has 0 N–H and O–H groups in total. The molecule has 0 unspecified atom stereocenters. The molecule has 8 aliphatic rings. The molecule has 8 aliphatic heterocycles. The van der Waals surface area contributed by atoms with Gasteiger partial charge in [-0.15, -0.1) is 40.8 Å². The van der Waals surface area contributed by atoms with E-state index in [2.05, 4.69) is 96.6 Å². The van der Waals surface area contributed by atoms with Crippen LogP contribution in [0, 0.1) is 27.7 Å². The Bertz CT molecular complexity index is 5800. The molecule has 17 rings (SSSR count). The molecule has 1 aromatic carbocycles. The van der Waals surface area contributed by atoms with Crippen LogP contribution in [0.2, 0.25) is 15.5 Å². The number of anilines is 8. The van der Waals surface area contributed by atoms with Crippen LogP contribution in [0.25, 0.3) is 0 Å². The van der Waals surface area contributed by atoms with Crippen molar-refractivity contribution in [2.45, 2.75) is 69.4 Å². The lowest BCUT2D eigenvalue weighted by Crippen LogP contribution is -2.31. The van der Waals surface area contributed by atoms with E-state index in [1.807, 2.05) is 110 Å². The quantitative estimate of drug-likeness (QED) is 0.0907. The lowest BCUT2D eigenvalue weighted by molar-refractivity contribution is -0.113. The fourth-order valence-corrected chi connectivity index (χ4v) is 14.0. The average molecular weight is 1670 g/mol. The number of halogens is 4. The number of nitrogens with zero attached hydrogens (tertiary/aromatic N) is 24. The molecule has 0 bridgehead atoms. The molecule has 8 aromatic heterocycles. The number of fused-ring (bicyclic) bond motifs is 8. The molecule has 0 atom stereocenters. The summed E-state index contributed by atoms with van der Waals surface area (Å²) in [4.78, 5) is 148. The number of benzene rings is 1. The van der Waals surface area contributed by atoms with Crippen LogP contribution in [0.15, 0.2) is 173 Å². The molecule has 0 spiro atoms. The van der Waals surface area contributed by atoms with E-state index in [9.17, 15) is 38.4 Å². The van der Waals surface area contributed by atoms with Gasteiger partial charge in [-0.05, 0) is 172 Å². The smallest absolute Gasteiger partial charge is 0.281 e. The van der Waals surface area contributed by atoms with Gasteiger partial charge in [0.25, 0.3) is 47.3 Å². The number of rotatable bonds is 10. The number of aryl methyl sites for hydroxylation is 4. The van der Waals surface area contributed by atoms with Crippen molar-refractivity contribution in [3.8, 4) is 0 Å². The number of pyridine rings is 8. The Hall–Kier alpha value is -13.1. The lowest BCUT2D eigenvalue weighted by Gasteiger charge is -2.15. The SMILES string of the molecule is C.CCN1C(=O)/C(=N\N=C2/C(=O)N(C)c3nc(Br)ccc32)c2cc(C)cnc21.CCN1C(=O)/C(=N\N=C2/C(=O)N(C)c3nc(Cl)ccc32)c2cc(C)cnc21.CCN1C(=O)/C(=N\N=C2/C(=O)N(C)c3ncc(C)cc32)c2ccc(Cl)nc21.CCN1C(=O)/C(=N\N=C2/C(=O)N(Cc3ccccc3)c3ncc(C)cc32)c2ccc(Cl)nc21. The van der Waals surface area contributed by atoms with Crippen molar-refractivity contribution in [2.75, 3.05) is 86.5 Å². The minimum atomic E-state index is -0.357. The van der Waals surface area contributed by atoms with E-state index >= 15 is 0 Å². The first-order valence-corrected chi connectivity index (χ1v) is 37.3. The molecule has 580 valence electrons. The summed E-state index contributed by atoms with van der Waals surface area (Å²) in [7, 11) is 4.83. The predicted octanol–water partition coefficient (Wildman–Crippen LogP) is 10.2. The van der Waals surface area contributed by atoms with Crippen molar-refractivity contribution in [3.05, 3.63) is 220 Å². The van der Waals surface area contributed by atoms with Gasteiger partial charge in [0.15, 0.2) is 45.7 Å². The monoisotopic (exact) mass is 1660 g/mol. The normalized spacial score (nSPS) is 18.1. The van der Waals surface area contributed by atoms with E-state index < -0.39 is 0 Å². The van der Waals surface area contributed by atoms with E-state index in [1.54, 1.807) is 104 Å². The third-order valence-electron chi connectivity index (χ3n) is 18.9. The second-order valence-electron chi connectivity index (χ2n) is 26.3. The van der Waals surface area contributed by atoms with Gasteiger partial charge < -0.3 is 0 Å². The zero-order chi connectivity index (χ0) is 81.0. The first kappa shape index (κ1) is 80.0. The summed E-state index contributed by atoms with van der Waals surface area (Å²) < 4.78 is 0.619. The molecule has 36 heteroatoms. The number of amides is 8. The topological polar surface area (TPSA) is 364 Å². The Morgan fingerprint density at radius 3 is 0.939 bits per heavy atom. The third-order valence-corrected chi connectivity index (χ3v) is 19.9. The fourth-order valence-electron chi connectivity index (χ4n) is 13.3. The van der Waals surface area contributed by atoms with Crippen molar-refractivity contribution in [1.82, 2.24) is 39.9 Å². The molecule has 0 radical (unpaired) electrons. The van der Waals surface area contributed by atoms with Gasteiger partial charge in [0.05, 0.1) is 51.1 Å². The molecule has 16 heterocycles. The van der Waals surface area contributed by atoms with E-state index in [0.29, 0.717) is 128 Å². The first-order valence-electron chi connectivity index (χ1n) is 35.4. The highest BCUT2D eigenvalue weighted by Crippen LogP contribution is 2.37. The van der Waals surface area contributed by atoms with E-state index in [4.69, 9.17) is 34.8 Å². The number of hydrogen-bond donors (Lipinski definition) is 0. The minimum absolute atomic E-state index is 0. The summed E-state index contributed by atoms with van der Waals surface area (Å²) in [5.74, 6) is 1.42. The van der Waals surface area contributed by atoms with Crippen LogP contribution in [0.3, 0.4) is 0 Å². The Balaban J connectivity index is 0.000000134. The number of carbonyl (C=O) groups is 8. The lowest BCUT2D eigenvalue weighted by atomic mass is 10.1. The Kier molecular flexibility index (Phi) is 22.6. The van der Waals surface area contributed by atoms with Gasteiger partial charge in [-0.1, -0.05) is 72.6 Å². The Morgan fingerprint density at radius 2 is 0.574 bits per heavy atom. The summed E-state index contributed by atoms with van der Waals surface area (Å²) in [6, 6.07) is 30.3. The van der Waals surface area contributed by atoms with Crippen LogP contribution in [-0.2, 0) is 44.9 Å². The average Bonchev–Trinajstić information content (AvgIpc) is 1.55. The van der Waals surface area contributed by atoms with Gasteiger partial charge in [-0.3, -0.25) is 77.6 Å². The van der Waals surface area contributed by atoms with Crippen LogP contribution in [0.4, 0.5) is 46.5 Å². The molecular formula is C79H68BrCl3N24O8. The van der Waals surface area contributed by atoms with Gasteiger partial charge in [-0.25, -0.2) is 39.9 Å². The standard InChI is InChI=1S/C24H19ClN6O2.C18H15BrN6O2.2C18H15ClN6O2.CH4/c1-3-30-22-16(9-10-18(25)27-22)19(23(30)32)28-29-20-17-11-14(2)12-26-21(17)31(24(20)33)13-15-7-5-4-6-8-15;1-4-25-15-11(7-9(2)8-20-15)14(18(25)27)23-22-13-10-5-6-12(19)21-16(10)24(3)17(13)26;1-4-25-16-10(5-6-12(19)21-16)13(18(25)27)22-23-14-11-7-9(2)8-20-15(11)24(3)17(14)26;1-4-25-15-11(7-9(2)8-20-15)14(18(25)27)23-22-13-10-5-6-12(19)21-16(10)24(3)17(13)26;/h4-12H,3,13H2,1-2H3;3*5-8H,4H2,1-3H3;1H4/b28-19-,29-20-;3*22-13-,23-14-;. The molecule has 0 saturated carbocycles. The first-order chi connectivity index (χ1) is 54.7. The van der Waals surface area contributed by atoms with Crippen molar-refractivity contribution in [1.29, 1.82) is 0 Å². The van der Waals surface area contributed by atoms with Gasteiger partial charge in [0.2, 0.25) is 0 Å². The highest BCUT2D eigenvalue weighted by molar-refractivity contribution is 9.10. The van der Waals surface area contributed by atoms with Crippen LogP contribution < -0.4 is 39.2 Å². The number of likely N-dealkylation sites (N-methyl/N-ethyl adjacent to an activating group) is 7. The summed E-state index contributed by atoms with van der Waals surface area (Å²) in [6.45, 7) is 17.1. The van der Waals surface area contributed by atoms with Crippen molar-refractivity contribution >= 4 is 190 Å². The third kappa shape index (κ3) is 14.7. The second-order valence-corrected chi connectivity index (χ2v) is 28.3. The van der Waals surface area contributed by atoms with Gasteiger partial charge in [0, 0.05) is 72.1 Å². The Morgan fingerprint density at radius 1 is 0.313 bits per heavy atom. The van der Waals surface area contributed by atoms with E-state index in [1.165, 1.54) is 29.4 Å². The minimum Gasteiger partial charge on any atom is -0.294 e. The van der Waals surface area contributed by atoms with Crippen LogP contribution in [0.5, 0.6) is 0 Å². The summed E-state index contributed by atoms with van der Waals surface area (Å²) in [6.07, 6.45) is 6.80. The highest BCUT2D eigenvalue weighted by atomic mass is 79.9. The van der Waals surface area contributed by atoms with Crippen molar-refractivity contribution in [2.24, 2.45) is 40.8 Å². The largest absolute Gasteiger partial charge is 0.294 e. The molecular weight excluding hydrogens is 1600 g/mol. The van der Waals surface area contributed by atoms with E-state index in [0.717, 1.165) is 27.8 Å². The summed E-state index contributed by atoms with van der Waals surface area (Å²) in [5, 5.41) is 34.1. The van der Waals surface area contributed by atoms with Crippen molar-refractivity contribution in [3.63, 3.8) is 0 Å². The number of aromatic nitrogens is 8. The number of carbonyl (C=O) groups excluding carboxylic acids is 8. The highest BCUT2D eigenvalue weighted by Gasteiger charge is 2.43.